The third-order valence-corrected chi connectivity index (χ3v) is 5.98. The third kappa shape index (κ3) is 10.2. The number of ether oxygens (including phenoxy) is 1. The average Bonchev–Trinajstić information content (AvgIpc) is 2.72. The molecule has 1 aromatic rings. The second-order valence-corrected chi connectivity index (χ2v) is 9.00. The first kappa shape index (κ1) is 27.0. The molecule has 0 spiro atoms. The predicted octanol–water partition coefficient (Wildman–Crippen LogP) is 5.22. The Morgan fingerprint density at radius 2 is 1.97 bits per heavy atom. The summed E-state index contributed by atoms with van der Waals surface area (Å²) in [6.07, 6.45) is 8.19. The third-order valence-electron chi connectivity index (χ3n) is 4.66. The maximum atomic E-state index is 12.6. The van der Waals surface area contributed by atoms with Crippen LogP contribution in [-0.2, 0) is 14.3 Å². The molecule has 5 nitrogen and oxygen atoms in total. The molecule has 0 fully saturated rings. The van der Waals surface area contributed by atoms with Gasteiger partial charge in [0.2, 0.25) is 11.8 Å². The molecule has 0 aliphatic heterocycles. The lowest BCUT2D eigenvalue weighted by atomic mass is 10.1. The highest BCUT2D eigenvalue weighted by Gasteiger charge is 2.20. The van der Waals surface area contributed by atoms with E-state index < -0.39 is 6.10 Å². The quantitative estimate of drug-likeness (QED) is 0.242. The molecule has 0 radical (unpaired) electrons. The lowest BCUT2D eigenvalue weighted by molar-refractivity contribution is -0.132. The van der Waals surface area contributed by atoms with Crippen molar-refractivity contribution >= 4 is 29.3 Å². The van der Waals surface area contributed by atoms with E-state index in [9.17, 15) is 9.59 Å². The van der Waals surface area contributed by atoms with Crippen molar-refractivity contribution in [1.82, 2.24) is 5.32 Å². The number of hydrogen-bond donors (Lipinski definition) is 1. The first-order chi connectivity index (χ1) is 14.8. The fourth-order valence-corrected chi connectivity index (χ4v) is 4.08. The van der Waals surface area contributed by atoms with Crippen LogP contribution in [0.15, 0.2) is 54.0 Å². The number of rotatable bonds is 14. The molecule has 0 heterocycles. The van der Waals surface area contributed by atoms with Gasteiger partial charge in [-0.25, -0.2) is 0 Å². The van der Waals surface area contributed by atoms with E-state index in [-0.39, 0.29) is 17.9 Å². The zero-order valence-corrected chi connectivity index (χ0v) is 20.4. The number of nitrogens with one attached hydrogen (secondary N) is 1. The van der Waals surface area contributed by atoms with E-state index in [1.165, 1.54) is 0 Å². The topological polar surface area (TPSA) is 58.6 Å². The Morgan fingerprint density at radius 3 is 2.58 bits per heavy atom. The smallest absolute Gasteiger partial charge is 0.249 e. The number of hydrogen-bond acceptors (Lipinski definition) is 4. The highest BCUT2D eigenvalue weighted by Crippen LogP contribution is 2.30. The van der Waals surface area contributed by atoms with Crippen molar-refractivity contribution in [3.63, 3.8) is 0 Å². The van der Waals surface area contributed by atoms with Crippen molar-refractivity contribution in [3.05, 3.63) is 49.1 Å². The van der Waals surface area contributed by atoms with Crippen molar-refractivity contribution in [2.24, 2.45) is 5.92 Å². The van der Waals surface area contributed by atoms with Crippen LogP contribution in [0.4, 0.5) is 5.69 Å². The van der Waals surface area contributed by atoms with Crippen LogP contribution in [0.2, 0.25) is 0 Å². The number of para-hydroxylation sites is 1. The number of nitrogens with zero attached hydrogens (tertiary/aromatic N) is 1. The summed E-state index contributed by atoms with van der Waals surface area (Å²) in [5.74, 6) is 1.13. The summed E-state index contributed by atoms with van der Waals surface area (Å²) in [5, 5.41) is 3.06. The van der Waals surface area contributed by atoms with Crippen LogP contribution in [0, 0.1) is 5.92 Å². The maximum absolute atomic E-state index is 12.6. The Balaban J connectivity index is 2.61. The fraction of sp³-hybridized carbons (Fsp3) is 0.520. The summed E-state index contributed by atoms with van der Waals surface area (Å²) >= 11 is 1.62. The van der Waals surface area contributed by atoms with Crippen molar-refractivity contribution in [3.8, 4) is 0 Å². The van der Waals surface area contributed by atoms with Gasteiger partial charge in [0.1, 0.15) is 6.10 Å². The van der Waals surface area contributed by atoms with Gasteiger partial charge < -0.3 is 15.0 Å². The number of benzene rings is 1. The molecule has 1 rings (SSSR count). The molecule has 0 aliphatic carbocycles. The summed E-state index contributed by atoms with van der Waals surface area (Å²) in [4.78, 5) is 27.3. The monoisotopic (exact) mass is 446 g/mol. The van der Waals surface area contributed by atoms with Crippen LogP contribution in [0.1, 0.15) is 47.0 Å². The van der Waals surface area contributed by atoms with Crippen LogP contribution in [0.5, 0.6) is 0 Å². The standard InChI is InChI=1S/C25H38N2O3S/c1-7-17-27(21(5)28)22-14-11-12-16-24(22)31-18-20(4)26-25(29)23(30-6)15-10-8-9-13-19(2)3/h7,9,11-14,16,19-20,23H,1,8,10,15,17-18H2,2-6H3,(H,26,29)/b13-9+. The second-order valence-electron chi connectivity index (χ2n) is 7.93. The van der Waals surface area contributed by atoms with Crippen LogP contribution in [0.25, 0.3) is 0 Å². The molecule has 2 amide bonds. The van der Waals surface area contributed by atoms with Crippen molar-refractivity contribution in [1.29, 1.82) is 0 Å². The number of carbonyl (C=O) groups is 2. The number of methoxy groups -OCH3 is 1. The zero-order valence-electron chi connectivity index (χ0n) is 19.6. The van der Waals surface area contributed by atoms with E-state index in [0.717, 1.165) is 23.4 Å². The number of allylic oxidation sites excluding steroid dienone is 2. The first-order valence-corrected chi connectivity index (χ1v) is 11.9. The van der Waals surface area contributed by atoms with Crippen LogP contribution in [-0.4, -0.2) is 43.4 Å². The van der Waals surface area contributed by atoms with E-state index in [1.807, 2.05) is 31.2 Å². The maximum Gasteiger partial charge on any atom is 0.249 e. The van der Waals surface area contributed by atoms with Gasteiger partial charge in [0.05, 0.1) is 5.69 Å². The number of thioether (sulfide) groups is 1. The Morgan fingerprint density at radius 1 is 1.26 bits per heavy atom. The summed E-state index contributed by atoms with van der Waals surface area (Å²) in [5.41, 5.74) is 0.864. The van der Waals surface area contributed by atoms with Gasteiger partial charge in [-0.15, -0.1) is 18.3 Å². The molecule has 2 unspecified atom stereocenters. The Kier molecular flexibility index (Phi) is 12.9. The fourth-order valence-electron chi connectivity index (χ4n) is 3.07. The summed E-state index contributed by atoms with van der Waals surface area (Å²) < 4.78 is 5.41. The minimum atomic E-state index is -0.437. The average molecular weight is 447 g/mol. The summed E-state index contributed by atoms with van der Waals surface area (Å²) in [7, 11) is 1.58. The van der Waals surface area contributed by atoms with E-state index in [1.54, 1.807) is 36.8 Å². The highest BCUT2D eigenvalue weighted by molar-refractivity contribution is 7.99. The van der Waals surface area contributed by atoms with Crippen molar-refractivity contribution in [2.45, 2.75) is 64.0 Å². The molecule has 1 N–H and O–H groups in total. The van der Waals surface area contributed by atoms with E-state index >= 15 is 0 Å². The molecule has 0 saturated heterocycles. The molecule has 0 bridgehead atoms. The van der Waals surface area contributed by atoms with E-state index in [0.29, 0.717) is 24.6 Å². The highest BCUT2D eigenvalue weighted by atomic mass is 32.2. The van der Waals surface area contributed by atoms with Crippen LogP contribution in [0.3, 0.4) is 0 Å². The van der Waals surface area contributed by atoms with Gasteiger partial charge in [0, 0.05) is 37.3 Å². The largest absolute Gasteiger partial charge is 0.372 e. The van der Waals surface area contributed by atoms with Gasteiger partial charge in [0.15, 0.2) is 0 Å². The molecule has 172 valence electrons. The minimum Gasteiger partial charge on any atom is -0.372 e. The molecule has 0 saturated carbocycles. The van der Waals surface area contributed by atoms with Crippen LogP contribution >= 0.6 is 11.8 Å². The molecule has 0 aliphatic rings. The van der Waals surface area contributed by atoms with Gasteiger partial charge in [-0.3, -0.25) is 9.59 Å². The van der Waals surface area contributed by atoms with Gasteiger partial charge in [-0.05, 0) is 44.2 Å². The summed E-state index contributed by atoms with van der Waals surface area (Å²) in [6, 6.07) is 7.77. The van der Waals surface area contributed by atoms with Gasteiger partial charge in [0.25, 0.3) is 0 Å². The number of unbranched alkanes of at least 4 members (excludes halogenated alkanes) is 1. The van der Waals surface area contributed by atoms with Gasteiger partial charge >= 0.3 is 0 Å². The lowest BCUT2D eigenvalue weighted by Gasteiger charge is -2.23. The van der Waals surface area contributed by atoms with E-state index in [2.05, 4.69) is 37.9 Å². The Labute approximate surface area is 192 Å². The van der Waals surface area contributed by atoms with Gasteiger partial charge in [-0.1, -0.05) is 44.2 Å². The molecular formula is C25H38N2O3S. The molecule has 0 aromatic heterocycles. The number of amides is 2. The Hall–Kier alpha value is -2.05. The number of carbonyl (C=O) groups excluding carboxylic acids is 2. The van der Waals surface area contributed by atoms with E-state index in [4.69, 9.17) is 4.74 Å². The Bertz CT molecular complexity index is 733. The second kappa shape index (κ2) is 14.9. The van der Waals surface area contributed by atoms with Crippen LogP contribution < -0.4 is 10.2 Å². The lowest BCUT2D eigenvalue weighted by Crippen LogP contribution is -2.42. The molecule has 6 heteroatoms. The van der Waals surface area contributed by atoms with Crippen molar-refractivity contribution in [2.75, 3.05) is 24.3 Å². The van der Waals surface area contributed by atoms with Gasteiger partial charge in [-0.2, -0.15) is 0 Å². The molecule has 1 aromatic carbocycles. The zero-order chi connectivity index (χ0) is 23.2. The molecule has 31 heavy (non-hydrogen) atoms. The normalized spacial score (nSPS) is 13.2. The minimum absolute atomic E-state index is 0.0273. The molecular weight excluding hydrogens is 408 g/mol. The first-order valence-electron chi connectivity index (χ1n) is 10.9. The number of anilines is 1. The van der Waals surface area contributed by atoms with Crippen molar-refractivity contribution < 1.29 is 14.3 Å². The summed E-state index contributed by atoms with van der Waals surface area (Å²) in [6.45, 7) is 12.0. The SMILES string of the molecule is C=CCN(C(C)=O)c1ccccc1SCC(C)NC(=O)C(CCC/C=C/C(C)C)OC. The predicted molar refractivity (Wildman–Crippen MR) is 132 cm³/mol. The molecule has 2 atom stereocenters.